The van der Waals surface area contributed by atoms with Crippen molar-refractivity contribution < 1.29 is 0 Å². The summed E-state index contributed by atoms with van der Waals surface area (Å²) in [6, 6.07) is 8.74. The molecule has 2 heteroatoms. The number of hydrogen-bond donors (Lipinski definition) is 1. The second kappa shape index (κ2) is 6.06. The van der Waals surface area contributed by atoms with Gasteiger partial charge in [0.2, 0.25) is 0 Å². The van der Waals surface area contributed by atoms with Crippen LogP contribution < -0.4 is 4.90 Å². The minimum Gasteiger partial charge on any atom is -0.375 e. The Morgan fingerprint density at radius 2 is 1.80 bits per heavy atom. The molecule has 0 amide bonds. The van der Waals surface area contributed by atoms with Crippen LogP contribution in [0.1, 0.15) is 37.5 Å². The van der Waals surface area contributed by atoms with E-state index in [4.69, 9.17) is 0 Å². The minimum atomic E-state index is 0.385. The summed E-state index contributed by atoms with van der Waals surface area (Å²) in [5, 5.41) is 0.385. The third-order valence-corrected chi connectivity index (χ3v) is 3.31. The number of rotatable bonds is 5. The van der Waals surface area contributed by atoms with E-state index in [1.807, 2.05) is 0 Å². The lowest BCUT2D eigenvalue weighted by atomic mass is 10.1. The van der Waals surface area contributed by atoms with Crippen LogP contribution in [-0.4, -0.2) is 13.6 Å². The van der Waals surface area contributed by atoms with Gasteiger partial charge in [-0.1, -0.05) is 25.5 Å². The summed E-state index contributed by atoms with van der Waals surface area (Å²) in [4.78, 5) is 2.23. The van der Waals surface area contributed by atoms with Gasteiger partial charge in [-0.15, -0.1) is 0 Å². The maximum atomic E-state index is 4.59. The van der Waals surface area contributed by atoms with E-state index < -0.39 is 0 Å². The quantitative estimate of drug-likeness (QED) is 0.741. The smallest absolute Gasteiger partial charge is 0.0363 e. The minimum absolute atomic E-state index is 0.385. The van der Waals surface area contributed by atoms with E-state index in [1.54, 1.807) is 0 Å². The Kier molecular flexibility index (Phi) is 5.03. The first-order chi connectivity index (χ1) is 7.19. The molecule has 0 heterocycles. The summed E-state index contributed by atoms with van der Waals surface area (Å²) in [6.45, 7) is 5.40. The molecule has 0 spiro atoms. The molecule has 0 saturated heterocycles. The van der Waals surface area contributed by atoms with Gasteiger partial charge in [0.05, 0.1) is 0 Å². The summed E-state index contributed by atoms with van der Waals surface area (Å²) in [6.07, 6.45) is 2.33. The standard InChI is InChI=1S/C13H21NS/c1-4-6-13(15)11-7-9-12(10-8-11)14(3)5-2/h7-10,13,15H,4-6H2,1-3H3. The van der Waals surface area contributed by atoms with Gasteiger partial charge in [-0.05, 0) is 31.0 Å². The largest absolute Gasteiger partial charge is 0.375 e. The van der Waals surface area contributed by atoms with Gasteiger partial charge in [-0.25, -0.2) is 0 Å². The predicted octanol–water partition coefficient (Wildman–Crippen LogP) is 3.91. The molecular formula is C13H21NS. The average Bonchev–Trinajstić information content (AvgIpc) is 2.28. The van der Waals surface area contributed by atoms with Crippen LogP contribution in [0.15, 0.2) is 24.3 Å². The molecule has 1 nitrogen and oxygen atoms in total. The highest BCUT2D eigenvalue weighted by molar-refractivity contribution is 7.80. The first-order valence-electron chi connectivity index (χ1n) is 5.68. The van der Waals surface area contributed by atoms with E-state index in [0.29, 0.717) is 5.25 Å². The van der Waals surface area contributed by atoms with Crippen molar-refractivity contribution in [2.75, 3.05) is 18.5 Å². The number of hydrogen-bond acceptors (Lipinski definition) is 2. The molecule has 0 aliphatic rings. The zero-order valence-corrected chi connectivity index (χ0v) is 10.8. The highest BCUT2D eigenvalue weighted by atomic mass is 32.1. The highest BCUT2D eigenvalue weighted by Gasteiger charge is 2.05. The van der Waals surface area contributed by atoms with E-state index in [-0.39, 0.29) is 0 Å². The van der Waals surface area contributed by atoms with Gasteiger partial charge in [0.1, 0.15) is 0 Å². The number of thiol groups is 1. The summed E-state index contributed by atoms with van der Waals surface area (Å²) >= 11 is 4.59. The molecule has 0 aromatic heterocycles. The van der Waals surface area contributed by atoms with Crippen LogP contribution in [0.25, 0.3) is 0 Å². The Labute approximate surface area is 98.9 Å². The molecule has 0 saturated carbocycles. The molecule has 0 fully saturated rings. The van der Waals surface area contributed by atoms with Crippen LogP contribution in [0, 0.1) is 0 Å². The van der Waals surface area contributed by atoms with Crippen molar-refractivity contribution in [3.8, 4) is 0 Å². The van der Waals surface area contributed by atoms with Crippen LogP contribution in [0.4, 0.5) is 5.69 Å². The van der Waals surface area contributed by atoms with Crippen molar-refractivity contribution in [3.63, 3.8) is 0 Å². The fourth-order valence-corrected chi connectivity index (χ4v) is 2.00. The van der Waals surface area contributed by atoms with Gasteiger partial charge in [0, 0.05) is 24.5 Å². The Morgan fingerprint density at radius 1 is 1.20 bits per heavy atom. The van der Waals surface area contributed by atoms with E-state index in [1.165, 1.54) is 17.7 Å². The molecule has 1 aromatic rings. The molecule has 0 aliphatic carbocycles. The lowest BCUT2D eigenvalue weighted by Crippen LogP contribution is -2.15. The Morgan fingerprint density at radius 3 is 2.27 bits per heavy atom. The van der Waals surface area contributed by atoms with Crippen molar-refractivity contribution in [2.24, 2.45) is 0 Å². The highest BCUT2D eigenvalue weighted by Crippen LogP contribution is 2.26. The van der Waals surface area contributed by atoms with Crippen molar-refractivity contribution in [3.05, 3.63) is 29.8 Å². The van der Waals surface area contributed by atoms with Crippen LogP contribution in [-0.2, 0) is 0 Å². The SMILES string of the molecule is CCCC(S)c1ccc(N(C)CC)cc1. The van der Waals surface area contributed by atoms with E-state index in [2.05, 4.69) is 62.7 Å². The van der Waals surface area contributed by atoms with Crippen LogP contribution in [0.5, 0.6) is 0 Å². The van der Waals surface area contributed by atoms with Gasteiger partial charge < -0.3 is 4.90 Å². The summed E-state index contributed by atoms with van der Waals surface area (Å²) in [5.41, 5.74) is 2.60. The number of nitrogens with zero attached hydrogens (tertiary/aromatic N) is 1. The average molecular weight is 223 g/mol. The molecule has 1 unspecified atom stereocenters. The second-order valence-electron chi connectivity index (χ2n) is 3.91. The molecule has 1 rings (SSSR count). The fraction of sp³-hybridized carbons (Fsp3) is 0.538. The van der Waals surface area contributed by atoms with Crippen molar-refractivity contribution >= 4 is 18.3 Å². The van der Waals surface area contributed by atoms with Gasteiger partial charge in [0.15, 0.2) is 0 Å². The molecule has 1 aromatic carbocycles. The zero-order chi connectivity index (χ0) is 11.3. The Hall–Kier alpha value is -0.630. The lowest BCUT2D eigenvalue weighted by Gasteiger charge is -2.18. The molecule has 0 aliphatic heterocycles. The molecular weight excluding hydrogens is 202 g/mol. The monoisotopic (exact) mass is 223 g/mol. The summed E-state index contributed by atoms with van der Waals surface area (Å²) in [7, 11) is 2.11. The van der Waals surface area contributed by atoms with E-state index in [9.17, 15) is 0 Å². The molecule has 0 N–H and O–H groups in total. The predicted molar refractivity (Wildman–Crippen MR) is 72.0 cm³/mol. The van der Waals surface area contributed by atoms with Crippen LogP contribution >= 0.6 is 12.6 Å². The van der Waals surface area contributed by atoms with E-state index >= 15 is 0 Å². The van der Waals surface area contributed by atoms with Crippen molar-refractivity contribution in [1.82, 2.24) is 0 Å². The number of anilines is 1. The molecule has 84 valence electrons. The van der Waals surface area contributed by atoms with Crippen molar-refractivity contribution in [1.29, 1.82) is 0 Å². The zero-order valence-electron chi connectivity index (χ0n) is 9.90. The molecule has 0 bridgehead atoms. The normalized spacial score (nSPS) is 12.5. The lowest BCUT2D eigenvalue weighted by molar-refractivity contribution is 0.782. The molecule has 1 atom stereocenters. The van der Waals surface area contributed by atoms with E-state index in [0.717, 1.165) is 13.0 Å². The first kappa shape index (κ1) is 12.4. The maximum Gasteiger partial charge on any atom is 0.0363 e. The number of benzene rings is 1. The molecule has 0 radical (unpaired) electrons. The van der Waals surface area contributed by atoms with Gasteiger partial charge >= 0.3 is 0 Å². The van der Waals surface area contributed by atoms with Gasteiger partial charge in [-0.2, -0.15) is 12.6 Å². The third-order valence-electron chi connectivity index (χ3n) is 2.76. The first-order valence-corrected chi connectivity index (χ1v) is 6.19. The topological polar surface area (TPSA) is 3.24 Å². The Bertz CT molecular complexity index is 281. The third kappa shape index (κ3) is 3.45. The van der Waals surface area contributed by atoms with Gasteiger partial charge in [0.25, 0.3) is 0 Å². The molecule has 15 heavy (non-hydrogen) atoms. The Balaban J connectivity index is 2.71. The summed E-state index contributed by atoms with van der Waals surface area (Å²) in [5.74, 6) is 0. The second-order valence-corrected chi connectivity index (χ2v) is 4.53. The fourth-order valence-electron chi connectivity index (χ4n) is 1.57. The maximum absolute atomic E-state index is 4.59. The van der Waals surface area contributed by atoms with Crippen LogP contribution in [0.2, 0.25) is 0 Å². The summed E-state index contributed by atoms with van der Waals surface area (Å²) < 4.78 is 0. The van der Waals surface area contributed by atoms with Gasteiger partial charge in [-0.3, -0.25) is 0 Å². The van der Waals surface area contributed by atoms with Crippen molar-refractivity contribution in [2.45, 2.75) is 31.9 Å². The van der Waals surface area contributed by atoms with Crippen LogP contribution in [0.3, 0.4) is 0 Å².